The van der Waals surface area contributed by atoms with Crippen LogP contribution >= 0.6 is 15.9 Å². The fourth-order valence-electron chi connectivity index (χ4n) is 1.88. The van der Waals surface area contributed by atoms with Gasteiger partial charge in [0.05, 0.1) is 28.9 Å². The molecule has 0 saturated heterocycles. The molecule has 1 aliphatic rings. The number of methoxy groups -OCH3 is 2. The van der Waals surface area contributed by atoms with Crippen molar-refractivity contribution in [3.05, 3.63) is 35.4 Å². The number of fused-ring (bicyclic) bond motifs is 1. The number of carbonyl (C=O) groups is 2. The molecule has 0 saturated carbocycles. The largest absolute Gasteiger partial charge is 0.378 e. The second-order valence-corrected chi connectivity index (χ2v) is 7.36. The summed E-state index contributed by atoms with van der Waals surface area (Å²) in [5.74, 6) is -0.480. The van der Waals surface area contributed by atoms with Gasteiger partial charge in [0.25, 0.3) is 11.8 Å². The highest BCUT2D eigenvalue weighted by Crippen LogP contribution is 2.24. The van der Waals surface area contributed by atoms with Gasteiger partial charge >= 0.3 is 0 Å². The minimum Gasteiger partial charge on any atom is -0.378 e. The van der Waals surface area contributed by atoms with Crippen LogP contribution in [0, 0.1) is 0 Å². The molecule has 1 heterocycles. The molecule has 1 aliphatic heterocycles. The van der Waals surface area contributed by atoms with Crippen LogP contribution in [0.3, 0.4) is 0 Å². The fourth-order valence-corrected chi connectivity index (χ4v) is 2.11. The van der Waals surface area contributed by atoms with Gasteiger partial charge in [-0.25, -0.2) is 0 Å². The number of nitrogens with zero attached hydrogens (tertiary/aromatic N) is 1. The first-order valence-electron chi connectivity index (χ1n) is 7.70. The number of hydrogen-bond acceptors (Lipinski definition) is 4. The molecule has 0 fully saturated rings. The maximum absolute atomic E-state index is 12.1. The summed E-state index contributed by atoms with van der Waals surface area (Å²) in [4.78, 5) is 25.3. The number of carbonyl (C=O) groups excluding carboxylic acids is 2. The third-order valence-corrected chi connectivity index (χ3v) is 5.19. The molecule has 0 unspecified atom stereocenters. The van der Waals surface area contributed by atoms with E-state index in [4.69, 9.17) is 9.47 Å². The van der Waals surface area contributed by atoms with Crippen LogP contribution in [0.5, 0.6) is 0 Å². The minimum absolute atomic E-state index is 0.000000000000000222. The maximum atomic E-state index is 12.1. The molecule has 0 bridgehead atoms. The van der Waals surface area contributed by atoms with Crippen molar-refractivity contribution in [1.29, 1.82) is 0 Å². The number of rotatable bonds is 5. The summed E-state index contributed by atoms with van der Waals surface area (Å²) >= 11 is 3.31. The number of halogens is 1. The summed E-state index contributed by atoms with van der Waals surface area (Å²) in [6, 6.07) is 6.87. The summed E-state index contributed by atoms with van der Waals surface area (Å²) in [6.07, 6.45) is 0. The van der Waals surface area contributed by atoms with Gasteiger partial charge in [-0.1, -0.05) is 28.1 Å². The number of alkyl halides is 1. The molecule has 0 atom stereocenters. The highest BCUT2D eigenvalue weighted by Gasteiger charge is 2.38. The molecule has 134 valence electrons. The molecular weight excluding hydrogens is 374 g/mol. The van der Waals surface area contributed by atoms with Gasteiger partial charge in [0.2, 0.25) is 0 Å². The van der Waals surface area contributed by atoms with Crippen LogP contribution in [0.25, 0.3) is 0 Å². The van der Waals surface area contributed by atoms with Crippen LogP contribution < -0.4 is 0 Å². The predicted molar refractivity (Wildman–Crippen MR) is 97.8 cm³/mol. The summed E-state index contributed by atoms with van der Waals surface area (Å²) < 4.78 is 10.3. The quantitative estimate of drug-likeness (QED) is 0.561. The van der Waals surface area contributed by atoms with E-state index in [1.54, 1.807) is 38.5 Å². The van der Waals surface area contributed by atoms with E-state index >= 15 is 0 Å². The number of ether oxygens (including phenoxy) is 2. The van der Waals surface area contributed by atoms with Gasteiger partial charge in [-0.3, -0.25) is 14.5 Å². The Morgan fingerprint density at radius 2 is 1.33 bits per heavy atom. The van der Waals surface area contributed by atoms with E-state index < -0.39 is 5.60 Å². The number of imide groups is 1. The Bertz CT molecular complexity index is 557. The lowest BCUT2D eigenvalue weighted by Crippen LogP contribution is -2.43. The topological polar surface area (TPSA) is 55.8 Å². The standard InChI is InChI=1S/C13H15NO3.C5H11BrO/c1-13(2,17-3)8-14-11(15)9-6-4-5-7-10(9)12(14)16;1-5(2,4-6)7-3/h4-7H,8H2,1-3H3;4H2,1-3H3. The van der Waals surface area contributed by atoms with Crippen molar-refractivity contribution in [2.45, 2.75) is 38.9 Å². The predicted octanol–water partition coefficient (Wildman–Crippen LogP) is 3.51. The van der Waals surface area contributed by atoms with Gasteiger partial charge < -0.3 is 9.47 Å². The van der Waals surface area contributed by atoms with Crippen molar-refractivity contribution in [3.63, 3.8) is 0 Å². The summed E-state index contributed by atoms with van der Waals surface area (Å²) in [7, 11) is 3.28. The van der Waals surface area contributed by atoms with E-state index in [2.05, 4.69) is 15.9 Å². The second kappa shape index (κ2) is 8.23. The molecule has 1 aromatic rings. The van der Waals surface area contributed by atoms with E-state index in [1.807, 2.05) is 27.7 Å². The van der Waals surface area contributed by atoms with Gasteiger partial charge in [0.15, 0.2) is 0 Å². The normalized spacial score (nSPS) is 14.4. The van der Waals surface area contributed by atoms with E-state index in [-0.39, 0.29) is 24.0 Å². The number of amides is 2. The molecule has 2 rings (SSSR count). The first-order chi connectivity index (χ1) is 11.1. The Morgan fingerprint density at radius 3 is 1.62 bits per heavy atom. The van der Waals surface area contributed by atoms with Crippen LogP contribution in [0.15, 0.2) is 24.3 Å². The lowest BCUT2D eigenvalue weighted by atomic mass is 10.1. The highest BCUT2D eigenvalue weighted by molar-refractivity contribution is 9.09. The SMILES string of the molecule is COC(C)(C)CBr.COC(C)(C)CN1C(=O)c2ccccc2C1=O. The molecule has 0 radical (unpaired) electrons. The van der Waals surface area contributed by atoms with Crippen molar-refractivity contribution in [1.82, 2.24) is 4.90 Å². The summed E-state index contributed by atoms with van der Waals surface area (Å²) in [5, 5.41) is 0.885. The summed E-state index contributed by atoms with van der Waals surface area (Å²) in [5.41, 5.74) is 0.418. The zero-order chi connectivity index (χ0) is 18.5. The van der Waals surface area contributed by atoms with Crippen LogP contribution in [0.1, 0.15) is 48.4 Å². The lowest BCUT2D eigenvalue weighted by Gasteiger charge is -2.27. The van der Waals surface area contributed by atoms with Crippen LogP contribution in [-0.2, 0) is 9.47 Å². The molecule has 2 amide bonds. The lowest BCUT2D eigenvalue weighted by molar-refractivity contribution is -0.00155. The van der Waals surface area contributed by atoms with Gasteiger partial charge in [0.1, 0.15) is 0 Å². The summed E-state index contributed by atoms with van der Waals surface area (Å²) in [6.45, 7) is 8.01. The Kier molecular flexibility index (Phi) is 7.13. The molecule has 24 heavy (non-hydrogen) atoms. The highest BCUT2D eigenvalue weighted by atomic mass is 79.9. The number of hydrogen-bond donors (Lipinski definition) is 0. The molecule has 0 aromatic heterocycles. The van der Waals surface area contributed by atoms with Gasteiger partial charge in [-0.05, 0) is 39.8 Å². The van der Waals surface area contributed by atoms with E-state index in [9.17, 15) is 9.59 Å². The van der Waals surface area contributed by atoms with Crippen molar-refractivity contribution < 1.29 is 19.1 Å². The number of benzene rings is 1. The Labute approximate surface area is 152 Å². The van der Waals surface area contributed by atoms with Gasteiger partial charge in [-0.2, -0.15) is 0 Å². The minimum atomic E-state index is -0.534. The zero-order valence-corrected chi connectivity index (χ0v) is 16.8. The van der Waals surface area contributed by atoms with E-state index in [1.165, 1.54) is 4.90 Å². The third kappa shape index (κ3) is 5.13. The molecule has 0 aliphatic carbocycles. The monoisotopic (exact) mass is 399 g/mol. The van der Waals surface area contributed by atoms with Crippen LogP contribution in [0.4, 0.5) is 0 Å². The van der Waals surface area contributed by atoms with Gasteiger partial charge in [-0.15, -0.1) is 0 Å². The zero-order valence-electron chi connectivity index (χ0n) is 15.2. The fraction of sp³-hybridized carbons (Fsp3) is 0.556. The van der Waals surface area contributed by atoms with Gasteiger partial charge in [0, 0.05) is 19.5 Å². The van der Waals surface area contributed by atoms with Crippen LogP contribution in [-0.4, -0.2) is 54.0 Å². The smallest absolute Gasteiger partial charge is 0.261 e. The molecule has 6 heteroatoms. The van der Waals surface area contributed by atoms with Crippen LogP contribution in [0.2, 0.25) is 0 Å². The van der Waals surface area contributed by atoms with E-state index in [0.29, 0.717) is 11.1 Å². The van der Waals surface area contributed by atoms with E-state index in [0.717, 1.165) is 5.33 Å². The Morgan fingerprint density at radius 1 is 0.917 bits per heavy atom. The third-order valence-electron chi connectivity index (χ3n) is 3.84. The first-order valence-corrected chi connectivity index (χ1v) is 8.82. The second-order valence-electron chi connectivity index (χ2n) is 6.80. The van der Waals surface area contributed by atoms with Crippen molar-refractivity contribution in [2.75, 3.05) is 26.1 Å². The molecule has 0 spiro atoms. The Balaban J connectivity index is 0.000000351. The average Bonchev–Trinajstić information content (AvgIpc) is 2.80. The molecule has 1 aromatic carbocycles. The molecule has 5 nitrogen and oxygen atoms in total. The maximum Gasteiger partial charge on any atom is 0.261 e. The average molecular weight is 400 g/mol. The Hall–Kier alpha value is -1.24. The van der Waals surface area contributed by atoms with Crippen molar-refractivity contribution >= 4 is 27.7 Å². The molecular formula is C18H26BrNO4. The van der Waals surface area contributed by atoms with Crippen molar-refractivity contribution in [3.8, 4) is 0 Å². The first kappa shape index (κ1) is 20.8. The molecule has 0 N–H and O–H groups in total. The van der Waals surface area contributed by atoms with Crippen molar-refractivity contribution in [2.24, 2.45) is 0 Å².